The molecule has 1 aliphatic rings. The van der Waals surface area contributed by atoms with Gasteiger partial charge in [-0.05, 0) is 30.2 Å². The summed E-state index contributed by atoms with van der Waals surface area (Å²) < 4.78 is 28.9. The minimum absolute atomic E-state index is 0.0782. The molecule has 0 aliphatic carbocycles. The Bertz CT molecular complexity index is 940. The van der Waals surface area contributed by atoms with Gasteiger partial charge in [-0.3, -0.25) is 9.59 Å². The first kappa shape index (κ1) is 19.7. The molecule has 0 N–H and O–H groups in total. The van der Waals surface area contributed by atoms with Gasteiger partial charge in [-0.25, -0.2) is 13.6 Å². The third-order valence-corrected chi connectivity index (χ3v) is 5.16. The number of carbonyl (C=O) groups is 2. The van der Waals surface area contributed by atoms with Crippen LogP contribution >= 0.6 is 0 Å². The monoisotopic (exact) mass is 382 g/mol. The summed E-state index contributed by atoms with van der Waals surface area (Å²) in [6, 6.07) is 9.15. The van der Waals surface area contributed by atoms with Crippen LogP contribution in [0.15, 0.2) is 36.4 Å². The molecule has 28 heavy (non-hydrogen) atoms. The van der Waals surface area contributed by atoms with Gasteiger partial charge in [0, 0.05) is 37.9 Å². The van der Waals surface area contributed by atoms with E-state index in [1.807, 2.05) is 0 Å². The first-order valence-electron chi connectivity index (χ1n) is 8.98. The predicted octanol–water partition coefficient (Wildman–Crippen LogP) is 4.20. The number of likely N-dealkylation sites (N-methyl/N-ethyl adjacent to an activating group) is 1. The minimum atomic E-state index is -0.785. The molecule has 2 atom stereocenters. The molecule has 4 nitrogen and oxygen atoms in total. The number of carbonyl (C=O) groups excluding carboxylic acids is 2. The Hall–Kier alpha value is -3.07. The Morgan fingerprint density at radius 2 is 1.82 bits per heavy atom. The van der Waals surface area contributed by atoms with Crippen LogP contribution in [-0.2, 0) is 16.0 Å². The Morgan fingerprint density at radius 1 is 1.21 bits per heavy atom. The maximum absolute atomic E-state index is 14.5. The van der Waals surface area contributed by atoms with E-state index in [2.05, 4.69) is 4.85 Å². The Morgan fingerprint density at radius 3 is 2.39 bits per heavy atom. The standard InChI is InChI=1S/C22H20F2N2O2/c1-13-8-19(23)21(20(24)9-13)18-12-26(3)22(28)17(18)11-16(27)10-14-4-6-15(25-2)7-5-14/h4-9,17-18H,10-12H2,1,3H3/t17-,18+/m0/s1. The lowest BCUT2D eigenvalue weighted by atomic mass is 9.83. The molecule has 1 heterocycles. The summed E-state index contributed by atoms with van der Waals surface area (Å²) in [6.45, 7) is 8.73. The first-order chi connectivity index (χ1) is 13.3. The summed E-state index contributed by atoms with van der Waals surface area (Å²) >= 11 is 0. The summed E-state index contributed by atoms with van der Waals surface area (Å²) in [5.74, 6) is -3.31. The number of benzene rings is 2. The molecule has 1 amide bonds. The fourth-order valence-electron chi connectivity index (χ4n) is 3.79. The molecular weight excluding hydrogens is 362 g/mol. The number of aryl methyl sites for hydroxylation is 1. The molecular formula is C22H20F2N2O2. The average molecular weight is 382 g/mol. The van der Waals surface area contributed by atoms with Crippen molar-refractivity contribution in [3.8, 4) is 0 Å². The van der Waals surface area contributed by atoms with Gasteiger partial charge in [-0.15, -0.1) is 0 Å². The highest BCUT2D eigenvalue weighted by atomic mass is 19.1. The maximum Gasteiger partial charge on any atom is 0.226 e. The molecule has 0 spiro atoms. The van der Waals surface area contributed by atoms with Crippen molar-refractivity contribution in [3.63, 3.8) is 0 Å². The lowest BCUT2D eigenvalue weighted by molar-refractivity contribution is -0.132. The number of ketones is 1. The van der Waals surface area contributed by atoms with Gasteiger partial charge >= 0.3 is 0 Å². The number of likely N-dealkylation sites (tertiary alicyclic amines) is 1. The highest BCUT2D eigenvalue weighted by Crippen LogP contribution is 2.38. The van der Waals surface area contributed by atoms with Gasteiger partial charge in [0.05, 0.1) is 12.5 Å². The van der Waals surface area contributed by atoms with Crippen molar-refractivity contribution in [2.24, 2.45) is 5.92 Å². The molecule has 2 aromatic rings. The number of halogens is 2. The lowest BCUT2D eigenvalue weighted by Gasteiger charge is -2.18. The van der Waals surface area contributed by atoms with Crippen molar-refractivity contribution in [1.82, 2.24) is 4.90 Å². The highest BCUT2D eigenvalue weighted by molar-refractivity contribution is 5.90. The molecule has 2 aromatic carbocycles. The van der Waals surface area contributed by atoms with Crippen molar-refractivity contribution in [2.75, 3.05) is 13.6 Å². The quantitative estimate of drug-likeness (QED) is 0.728. The molecule has 0 aromatic heterocycles. The normalized spacial score (nSPS) is 19.0. The summed E-state index contributed by atoms with van der Waals surface area (Å²) in [7, 11) is 1.58. The van der Waals surface area contributed by atoms with E-state index >= 15 is 0 Å². The molecule has 3 rings (SSSR count). The van der Waals surface area contributed by atoms with Gasteiger partial charge in [0.15, 0.2) is 5.69 Å². The largest absolute Gasteiger partial charge is 0.345 e. The number of amides is 1. The van der Waals surface area contributed by atoms with Crippen molar-refractivity contribution >= 4 is 17.4 Å². The maximum atomic E-state index is 14.5. The minimum Gasteiger partial charge on any atom is -0.345 e. The zero-order valence-corrected chi connectivity index (χ0v) is 15.7. The van der Waals surface area contributed by atoms with Crippen LogP contribution in [0.5, 0.6) is 0 Å². The van der Waals surface area contributed by atoms with Crippen molar-refractivity contribution < 1.29 is 18.4 Å². The second-order valence-electron chi connectivity index (χ2n) is 7.27. The molecule has 0 radical (unpaired) electrons. The van der Waals surface area contributed by atoms with E-state index in [4.69, 9.17) is 6.57 Å². The molecule has 144 valence electrons. The molecule has 0 unspecified atom stereocenters. The average Bonchev–Trinajstić information content (AvgIpc) is 2.89. The van der Waals surface area contributed by atoms with E-state index in [-0.39, 0.29) is 36.6 Å². The van der Waals surface area contributed by atoms with Crippen molar-refractivity contribution in [3.05, 3.63) is 76.1 Å². The summed E-state index contributed by atoms with van der Waals surface area (Å²) in [4.78, 5) is 29.8. The van der Waals surface area contributed by atoms with Crippen LogP contribution in [0.4, 0.5) is 14.5 Å². The Labute approximate surface area is 162 Å². The predicted molar refractivity (Wildman–Crippen MR) is 101 cm³/mol. The summed E-state index contributed by atoms with van der Waals surface area (Å²) in [5, 5.41) is 0. The van der Waals surface area contributed by atoms with E-state index in [0.29, 0.717) is 11.3 Å². The van der Waals surface area contributed by atoms with Gasteiger partial charge < -0.3 is 4.90 Å². The number of nitrogens with zero attached hydrogens (tertiary/aromatic N) is 2. The second-order valence-corrected chi connectivity index (χ2v) is 7.27. The Kier molecular flexibility index (Phi) is 5.55. The van der Waals surface area contributed by atoms with Crippen LogP contribution in [0.1, 0.15) is 29.0 Å². The number of hydrogen-bond donors (Lipinski definition) is 0. The molecule has 1 saturated heterocycles. The van der Waals surface area contributed by atoms with E-state index in [0.717, 1.165) is 5.56 Å². The van der Waals surface area contributed by atoms with E-state index in [1.165, 1.54) is 17.0 Å². The van der Waals surface area contributed by atoms with Gasteiger partial charge in [0.2, 0.25) is 5.91 Å². The van der Waals surface area contributed by atoms with E-state index in [9.17, 15) is 18.4 Å². The van der Waals surface area contributed by atoms with Gasteiger partial charge in [-0.2, -0.15) is 0 Å². The molecule has 1 fully saturated rings. The third kappa shape index (κ3) is 3.94. The zero-order valence-electron chi connectivity index (χ0n) is 15.7. The van der Waals surface area contributed by atoms with Gasteiger partial charge in [-0.1, -0.05) is 24.3 Å². The van der Waals surface area contributed by atoms with Gasteiger partial charge in [0.1, 0.15) is 17.4 Å². The van der Waals surface area contributed by atoms with E-state index < -0.39 is 23.5 Å². The Balaban J connectivity index is 1.81. The highest BCUT2D eigenvalue weighted by Gasteiger charge is 2.42. The first-order valence-corrected chi connectivity index (χ1v) is 8.98. The second kappa shape index (κ2) is 7.89. The summed E-state index contributed by atoms with van der Waals surface area (Å²) in [6.07, 6.45) is 0.0303. The van der Waals surface area contributed by atoms with Gasteiger partial charge in [0.25, 0.3) is 0 Å². The van der Waals surface area contributed by atoms with Crippen LogP contribution in [0.2, 0.25) is 0 Å². The molecule has 1 aliphatic heterocycles. The lowest BCUT2D eigenvalue weighted by Crippen LogP contribution is -2.25. The van der Waals surface area contributed by atoms with Crippen molar-refractivity contribution in [2.45, 2.75) is 25.7 Å². The molecule has 0 bridgehead atoms. The fraction of sp³-hybridized carbons (Fsp3) is 0.318. The molecule has 0 saturated carbocycles. The topological polar surface area (TPSA) is 41.7 Å². The number of hydrogen-bond acceptors (Lipinski definition) is 2. The van der Waals surface area contributed by atoms with Crippen LogP contribution in [0.3, 0.4) is 0 Å². The third-order valence-electron chi connectivity index (χ3n) is 5.16. The SMILES string of the molecule is [C-]#[N+]c1ccc(CC(=O)C[C@@H]2C(=O)N(C)C[C@H]2c2c(F)cc(C)cc2F)cc1. The van der Waals surface area contributed by atoms with Crippen LogP contribution in [-0.4, -0.2) is 30.2 Å². The fourth-order valence-corrected chi connectivity index (χ4v) is 3.79. The van der Waals surface area contributed by atoms with Crippen LogP contribution in [0.25, 0.3) is 4.85 Å². The molecule has 6 heteroatoms. The zero-order chi connectivity index (χ0) is 20.4. The smallest absolute Gasteiger partial charge is 0.226 e. The summed E-state index contributed by atoms with van der Waals surface area (Å²) in [5.41, 5.74) is 1.56. The number of rotatable bonds is 5. The van der Waals surface area contributed by atoms with E-state index in [1.54, 1.807) is 38.2 Å². The van der Waals surface area contributed by atoms with Crippen molar-refractivity contribution in [1.29, 1.82) is 0 Å². The number of Topliss-reactive ketones (excluding diaryl/α,β-unsaturated/α-hetero) is 1. The van der Waals surface area contributed by atoms with Crippen LogP contribution < -0.4 is 0 Å². The van der Waals surface area contributed by atoms with Crippen LogP contribution in [0, 0.1) is 31.0 Å².